The summed E-state index contributed by atoms with van der Waals surface area (Å²) in [6.07, 6.45) is 0.117. The number of esters is 1. The summed E-state index contributed by atoms with van der Waals surface area (Å²) in [5.41, 5.74) is 3.37. The molecule has 0 fully saturated rings. The van der Waals surface area contributed by atoms with Gasteiger partial charge in [0.2, 0.25) is 5.91 Å². The summed E-state index contributed by atoms with van der Waals surface area (Å²) in [6, 6.07) is 18.2. The van der Waals surface area contributed by atoms with Gasteiger partial charge in [-0.25, -0.2) is 4.68 Å². The lowest BCUT2D eigenvalue weighted by molar-refractivity contribution is -0.141. The highest BCUT2D eigenvalue weighted by atomic mass is 16.5. The molecule has 8 nitrogen and oxygen atoms in total. The molecular weight excluding hydrogens is 384 g/mol. The minimum atomic E-state index is -0.508. The third kappa shape index (κ3) is 5.32. The third-order valence-electron chi connectivity index (χ3n) is 4.35. The van der Waals surface area contributed by atoms with Gasteiger partial charge in [0.25, 0.3) is 5.91 Å². The van der Waals surface area contributed by atoms with E-state index in [1.165, 1.54) is 7.11 Å². The number of hydrogen-bond donors (Lipinski definition) is 2. The van der Waals surface area contributed by atoms with E-state index in [0.29, 0.717) is 11.4 Å². The molecule has 2 aromatic carbocycles. The summed E-state index contributed by atoms with van der Waals surface area (Å²) in [7, 11) is 1.26. The van der Waals surface area contributed by atoms with Crippen molar-refractivity contribution in [2.75, 3.05) is 19.0 Å². The van der Waals surface area contributed by atoms with Gasteiger partial charge >= 0.3 is 5.97 Å². The fourth-order valence-corrected chi connectivity index (χ4v) is 2.81. The van der Waals surface area contributed by atoms with Crippen LogP contribution in [-0.2, 0) is 20.7 Å². The second kappa shape index (κ2) is 9.51. The number of nitrogens with one attached hydrogen (secondary N) is 2. The lowest BCUT2D eigenvalue weighted by Gasteiger charge is -2.06. The molecule has 30 heavy (non-hydrogen) atoms. The molecule has 154 valence electrons. The van der Waals surface area contributed by atoms with E-state index >= 15 is 0 Å². The Hall–Kier alpha value is -3.94. The number of nitrogens with zero attached hydrogens (tertiary/aromatic N) is 2. The molecule has 3 aromatic rings. The summed E-state index contributed by atoms with van der Waals surface area (Å²) in [5, 5.41) is 9.67. The normalized spacial score (nSPS) is 10.3. The second-order valence-electron chi connectivity index (χ2n) is 6.60. The van der Waals surface area contributed by atoms with E-state index in [1.807, 2.05) is 37.3 Å². The second-order valence-corrected chi connectivity index (χ2v) is 6.60. The quantitative estimate of drug-likeness (QED) is 0.586. The van der Waals surface area contributed by atoms with Gasteiger partial charge in [-0.2, -0.15) is 5.10 Å². The first-order valence-corrected chi connectivity index (χ1v) is 9.32. The molecule has 8 heteroatoms. The topological polar surface area (TPSA) is 102 Å². The number of rotatable bonds is 7. The first-order valence-electron chi connectivity index (χ1n) is 9.32. The molecule has 0 aliphatic carbocycles. The van der Waals surface area contributed by atoms with E-state index in [0.717, 1.165) is 16.9 Å². The number of ether oxygens (including phenoxy) is 1. The van der Waals surface area contributed by atoms with Crippen LogP contribution >= 0.6 is 0 Å². The maximum absolute atomic E-state index is 12.6. The first kappa shape index (κ1) is 20.8. The fraction of sp³-hybridized carbons (Fsp3) is 0.182. The van der Waals surface area contributed by atoms with E-state index in [-0.39, 0.29) is 24.8 Å². The molecule has 1 aromatic heterocycles. The van der Waals surface area contributed by atoms with Crippen LogP contribution in [0.15, 0.2) is 60.7 Å². The van der Waals surface area contributed by atoms with Crippen LogP contribution < -0.4 is 10.6 Å². The fourth-order valence-electron chi connectivity index (χ4n) is 2.81. The van der Waals surface area contributed by atoms with E-state index in [9.17, 15) is 14.4 Å². The van der Waals surface area contributed by atoms with Crippen LogP contribution in [0.5, 0.6) is 0 Å². The van der Waals surface area contributed by atoms with Crippen molar-refractivity contribution in [1.29, 1.82) is 0 Å². The molecule has 2 amide bonds. The summed E-state index contributed by atoms with van der Waals surface area (Å²) < 4.78 is 6.19. The zero-order chi connectivity index (χ0) is 21.5. The number of carbonyl (C=O) groups excluding carboxylic acids is 3. The molecule has 0 atom stereocenters. The maximum Gasteiger partial charge on any atom is 0.325 e. The largest absolute Gasteiger partial charge is 0.468 e. The number of para-hydroxylation sites is 1. The van der Waals surface area contributed by atoms with Crippen molar-refractivity contribution >= 4 is 23.5 Å². The van der Waals surface area contributed by atoms with Gasteiger partial charge in [0, 0.05) is 11.4 Å². The van der Waals surface area contributed by atoms with Crippen molar-refractivity contribution in [3.05, 3.63) is 77.6 Å². The minimum absolute atomic E-state index is 0.117. The number of methoxy groups -OCH3 is 1. The Morgan fingerprint density at radius 3 is 2.40 bits per heavy atom. The van der Waals surface area contributed by atoms with Crippen LogP contribution in [0.25, 0.3) is 5.69 Å². The Kier molecular flexibility index (Phi) is 6.59. The van der Waals surface area contributed by atoms with Crippen LogP contribution in [0.1, 0.15) is 21.7 Å². The zero-order valence-electron chi connectivity index (χ0n) is 16.7. The number of anilines is 1. The van der Waals surface area contributed by atoms with Gasteiger partial charge in [0.1, 0.15) is 6.54 Å². The highest BCUT2D eigenvalue weighted by Crippen LogP contribution is 2.15. The molecule has 0 saturated carbocycles. The molecule has 0 aliphatic heterocycles. The monoisotopic (exact) mass is 406 g/mol. The molecule has 0 saturated heterocycles. The smallest absolute Gasteiger partial charge is 0.325 e. The average molecular weight is 406 g/mol. The predicted octanol–water partition coefficient (Wildman–Crippen LogP) is 2.26. The van der Waals surface area contributed by atoms with Gasteiger partial charge in [-0.3, -0.25) is 14.4 Å². The molecule has 0 radical (unpaired) electrons. The van der Waals surface area contributed by atoms with Gasteiger partial charge in [-0.15, -0.1) is 0 Å². The molecule has 0 aliphatic rings. The van der Waals surface area contributed by atoms with Crippen LogP contribution in [-0.4, -0.2) is 41.2 Å². The van der Waals surface area contributed by atoms with Crippen molar-refractivity contribution in [1.82, 2.24) is 15.1 Å². The van der Waals surface area contributed by atoms with Crippen LogP contribution in [0, 0.1) is 6.92 Å². The Morgan fingerprint density at radius 1 is 1.03 bits per heavy atom. The van der Waals surface area contributed by atoms with E-state index < -0.39 is 5.97 Å². The zero-order valence-corrected chi connectivity index (χ0v) is 16.7. The van der Waals surface area contributed by atoms with Crippen molar-refractivity contribution in [2.24, 2.45) is 0 Å². The third-order valence-corrected chi connectivity index (χ3v) is 4.35. The van der Waals surface area contributed by atoms with Gasteiger partial charge in [-0.05, 0) is 42.8 Å². The number of benzene rings is 2. The lowest BCUT2D eigenvalue weighted by atomic mass is 10.1. The number of carbonyl (C=O) groups is 3. The Morgan fingerprint density at radius 2 is 1.73 bits per heavy atom. The number of aromatic nitrogens is 2. The van der Waals surface area contributed by atoms with E-state index in [4.69, 9.17) is 0 Å². The van der Waals surface area contributed by atoms with Gasteiger partial charge in [-0.1, -0.05) is 30.3 Å². The molecule has 0 bridgehead atoms. The van der Waals surface area contributed by atoms with Crippen LogP contribution in [0.2, 0.25) is 0 Å². The highest BCUT2D eigenvalue weighted by Gasteiger charge is 2.14. The number of aryl methyl sites for hydroxylation is 1. The summed E-state index contributed by atoms with van der Waals surface area (Å²) in [6.45, 7) is 1.72. The summed E-state index contributed by atoms with van der Waals surface area (Å²) >= 11 is 0. The van der Waals surface area contributed by atoms with Crippen molar-refractivity contribution in [2.45, 2.75) is 13.3 Å². The predicted molar refractivity (Wildman–Crippen MR) is 111 cm³/mol. The summed E-state index contributed by atoms with van der Waals surface area (Å²) in [4.78, 5) is 35.4. The van der Waals surface area contributed by atoms with E-state index in [2.05, 4.69) is 20.5 Å². The van der Waals surface area contributed by atoms with Crippen LogP contribution in [0.3, 0.4) is 0 Å². The molecule has 0 unspecified atom stereocenters. The Balaban J connectivity index is 1.60. The average Bonchev–Trinajstić information content (AvgIpc) is 3.16. The molecule has 2 N–H and O–H groups in total. The SMILES string of the molecule is COC(=O)CNC(=O)Cc1ccc(NC(=O)c2cc(C)n(-c3ccccc3)n2)cc1. The van der Waals surface area contributed by atoms with E-state index in [1.54, 1.807) is 35.0 Å². The highest BCUT2D eigenvalue weighted by molar-refractivity contribution is 6.03. The lowest BCUT2D eigenvalue weighted by Crippen LogP contribution is -2.31. The molecular formula is C22H22N4O4. The van der Waals surface area contributed by atoms with Gasteiger partial charge in [0.05, 0.1) is 19.2 Å². The van der Waals surface area contributed by atoms with Gasteiger partial charge < -0.3 is 15.4 Å². The van der Waals surface area contributed by atoms with Crippen LogP contribution in [0.4, 0.5) is 5.69 Å². The first-order chi connectivity index (χ1) is 14.5. The Labute approximate surface area is 173 Å². The number of amides is 2. The van der Waals surface area contributed by atoms with Crippen molar-refractivity contribution in [3.8, 4) is 5.69 Å². The van der Waals surface area contributed by atoms with Crippen molar-refractivity contribution < 1.29 is 19.1 Å². The van der Waals surface area contributed by atoms with Gasteiger partial charge in [0.15, 0.2) is 5.69 Å². The molecule has 3 rings (SSSR count). The maximum atomic E-state index is 12.6. The molecule has 1 heterocycles. The standard InChI is InChI=1S/C22H22N4O4/c1-15-12-19(25-26(15)18-6-4-3-5-7-18)22(29)24-17-10-8-16(9-11-17)13-20(27)23-14-21(28)30-2/h3-12H,13-14H2,1-2H3,(H,23,27)(H,24,29). The van der Waals surface area contributed by atoms with Crippen molar-refractivity contribution in [3.63, 3.8) is 0 Å². The molecule has 0 spiro atoms. The summed E-state index contributed by atoms with van der Waals surface area (Å²) in [5.74, 6) is -1.12. The number of hydrogen-bond acceptors (Lipinski definition) is 5. The Bertz CT molecular complexity index is 1040. The minimum Gasteiger partial charge on any atom is -0.468 e.